The molecule has 2 amide bonds. The van der Waals surface area contributed by atoms with E-state index < -0.39 is 0 Å². The van der Waals surface area contributed by atoms with Crippen LogP contribution in [0.15, 0.2) is 66.4 Å². The van der Waals surface area contributed by atoms with E-state index in [9.17, 15) is 9.59 Å². The molecule has 1 unspecified atom stereocenters. The SMILES string of the molecule is CC(=O)NCCNc1nc(-c2ccccc2)nc2c1C=C(C(=O)N1CCC(NC(C)c3ccccc3)CC1)[NH2+]2. The summed E-state index contributed by atoms with van der Waals surface area (Å²) in [5, 5.41) is 11.7. The average Bonchev–Trinajstić information content (AvgIpc) is 3.40. The fourth-order valence-electron chi connectivity index (χ4n) is 5.10. The van der Waals surface area contributed by atoms with Crippen molar-refractivity contribution in [2.24, 2.45) is 0 Å². The van der Waals surface area contributed by atoms with Crippen molar-refractivity contribution in [3.63, 3.8) is 0 Å². The molecule has 1 aromatic heterocycles. The van der Waals surface area contributed by atoms with Crippen LogP contribution in [0.2, 0.25) is 0 Å². The van der Waals surface area contributed by atoms with E-state index >= 15 is 0 Å². The second-order valence-corrected chi connectivity index (χ2v) is 10.1. The van der Waals surface area contributed by atoms with Gasteiger partial charge in [-0.05, 0) is 25.3 Å². The average molecular weight is 527 g/mol. The van der Waals surface area contributed by atoms with Crippen LogP contribution in [0.4, 0.5) is 11.6 Å². The number of likely N-dealkylation sites (tertiary alicyclic amines) is 1. The summed E-state index contributed by atoms with van der Waals surface area (Å²) in [4.78, 5) is 36.3. The van der Waals surface area contributed by atoms with Gasteiger partial charge >= 0.3 is 5.91 Å². The van der Waals surface area contributed by atoms with Crippen LogP contribution in [-0.4, -0.2) is 58.9 Å². The minimum Gasteiger partial charge on any atom is -0.367 e. The Balaban J connectivity index is 1.25. The molecule has 39 heavy (non-hydrogen) atoms. The number of hydrogen-bond acceptors (Lipinski definition) is 6. The van der Waals surface area contributed by atoms with Crippen molar-refractivity contribution in [3.05, 3.63) is 77.5 Å². The molecule has 2 aliphatic rings. The molecule has 1 saturated heterocycles. The molecule has 5 rings (SSSR count). The summed E-state index contributed by atoms with van der Waals surface area (Å²) in [6.45, 7) is 6.09. The monoisotopic (exact) mass is 526 g/mol. The number of carbonyl (C=O) groups is 2. The van der Waals surface area contributed by atoms with Crippen LogP contribution < -0.4 is 21.3 Å². The molecular weight excluding hydrogens is 490 g/mol. The number of aromatic nitrogens is 2. The van der Waals surface area contributed by atoms with Gasteiger partial charge in [-0.15, -0.1) is 0 Å². The molecule has 9 nitrogen and oxygen atoms in total. The molecule has 0 saturated carbocycles. The first-order valence-corrected chi connectivity index (χ1v) is 13.6. The second kappa shape index (κ2) is 12.2. The summed E-state index contributed by atoms with van der Waals surface area (Å²) < 4.78 is 0. The first-order valence-electron chi connectivity index (χ1n) is 13.6. The zero-order valence-corrected chi connectivity index (χ0v) is 22.5. The van der Waals surface area contributed by atoms with E-state index in [0.717, 1.165) is 29.8 Å². The molecule has 2 aromatic carbocycles. The van der Waals surface area contributed by atoms with Crippen LogP contribution in [0, 0.1) is 0 Å². The van der Waals surface area contributed by atoms with Gasteiger partial charge in [0.15, 0.2) is 5.82 Å². The molecule has 9 heteroatoms. The fourth-order valence-corrected chi connectivity index (χ4v) is 5.10. The highest BCUT2D eigenvalue weighted by Gasteiger charge is 2.33. The van der Waals surface area contributed by atoms with E-state index in [1.807, 2.05) is 52.7 Å². The number of amides is 2. The van der Waals surface area contributed by atoms with Crippen molar-refractivity contribution in [3.8, 4) is 11.4 Å². The van der Waals surface area contributed by atoms with E-state index in [-0.39, 0.29) is 17.9 Å². The van der Waals surface area contributed by atoms with Crippen molar-refractivity contribution in [1.29, 1.82) is 0 Å². The summed E-state index contributed by atoms with van der Waals surface area (Å²) in [7, 11) is 0. The van der Waals surface area contributed by atoms with Crippen molar-refractivity contribution in [2.45, 2.75) is 38.8 Å². The fraction of sp³-hybridized carbons (Fsp3) is 0.333. The zero-order valence-electron chi connectivity index (χ0n) is 22.5. The van der Waals surface area contributed by atoms with Crippen LogP contribution in [0.25, 0.3) is 17.5 Å². The first kappa shape index (κ1) is 26.5. The maximum atomic E-state index is 13.5. The number of anilines is 1. The standard InChI is InChI=1S/C30H35N7O2/c1-20(22-9-5-3-6-10-22)33-24-13-17-37(18-14-24)30(39)26-19-25-28(32-16-15-31-21(2)38)35-27(36-29(25)34-26)23-11-7-4-8-12-23/h3-12,19-20,24,33H,13-18H2,1-2H3,(H,31,38)(H2,32,34,35,36)/p+1. The Morgan fingerprint density at radius 2 is 1.69 bits per heavy atom. The molecule has 5 N–H and O–H groups in total. The highest BCUT2D eigenvalue weighted by Crippen LogP contribution is 2.29. The third-order valence-corrected chi connectivity index (χ3v) is 7.20. The molecule has 202 valence electrons. The van der Waals surface area contributed by atoms with Crippen LogP contribution in [-0.2, 0) is 9.59 Å². The molecule has 0 bridgehead atoms. The Morgan fingerprint density at radius 3 is 2.38 bits per heavy atom. The van der Waals surface area contributed by atoms with Crippen molar-refractivity contribution >= 4 is 29.5 Å². The highest BCUT2D eigenvalue weighted by atomic mass is 16.2. The molecule has 3 aromatic rings. The largest absolute Gasteiger partial charge is 0.367 e. The van der Waals surface area contributed by atoms with Gasteiger partial charge < -0.3 is 20.9 Å². The summed E-state index contributed by atoms with van der Waals surface area (Å²) in [6.07, 6.45) is 3.71. The van der Waals surface area contributed by atoms with E-state index in [2.05, 4.69) is 47.1 Å². The second-order valence-electron chi connectivity index (χ2n) is 10.1. The van der Waals surface area contributed by atoms with Crippen LogP contribution in [0.3, 0.4) is 0 Å². The molecular formula is C30H36N7O2+. The molecule has 0 spiro atoms. The summed E-state index contributed by atoms with van der Waals surface area (Å²) in [5.41, 5.74) is 3.60. The number of nitrogens with two attached hydrogens (primary N) is 1. The van der Waals surface area contributed by atoms with Gasteiger partial charge in [-0.2, -0.15) is 4.98 Å². The van der Waals surface area contributed by atoms with Crippen LogP contribution in [0.1, 0.15) is 43.9 Å². The quantitative estimate of drug-likeness (QED) is 0.319. The molecule has 0 radical (unpaired) electrons. The Bertz CT molecular complexity index is 1340. The number of rotatable bonds is 9. The van der Waals surface area contributed by atoms with E-state index in [1.54, 1.807) is 0 Å². The topological polar surface area (TPSA) is 116 Å². The zero-order chi connectivity index (χ0) is 27.2. The number of piperidine rings is 1. The van der Waals surface area contributed by atoms with Gasteiger partial charge in [-0.1, -0.05) is 60.7 Å². The van der Waals surface area contributed by atoms with Gasteiger partial charge in [0.05, 0.1) is 0 Å². The van der Waals surface area contributed by atoms with Gasteiger partial charge in [0, 0.05) is 56.8 Å². The van der Waals surface area contributed by atoms with Gasteiger partial charge in [0.1, 0.15) is 11.4 Å². The number of benzene rings is 2. The van der Waals surface area contributed by atoms with Crippen LogP contribution in [0.5, 0.6) is 0 Å². The van der Waals surface area contributed by atoms with Crippen LogP contribution >= 0.6 is 0 Å². The lowest BCUT2D eigenvalue weighted by atomic mass is 10.0. The summed E-state index contributed by atoms with van der Waals surface area (Å²) in [5.74, 6) is 1.91. The molecule has 0 aliphatic carbocycles. The van der Waals surface area contributed by atoms with Crippen molar-refractivity contribution < 1.29 is 14.9 Å². The minimum atomic E-state index is -0.0794. The van der Waals surface area contributed by atoms with Crippen molar-refractivity contribution in [1.82, 2.24) is 25.5 Å². The molecule has 3 heterocycles. The Kier molecular flexibility index (Phi) is 8.29. The van der Waals surface area contributed by atoms with E-state index in [4.69, 9.17) is 9.97 Å². The highest BCUT2D eigenvalue weighted by molar-refractivity contribution is 5.98. The lowest BCUT2D eigenvalue weighted by Gasteiger charge is -2.33. The van der Waals surface area contributed by atoms with E-state index in [1.165, 1.54) is 12.5 Å². The minimum absolute atomic E-state index is 0.0213. The normalized spacial score (nSPS) is 15.8. The molecule has 1 atom stereocenters. The maximum absolute atomic E-state index is 13.5. The lowest BCUT2D eigenvalue weighted by molar-refractivity contribution is -0.511. The third-order valence-electron chi connectivity index (χ3n) is 7.20. The number of fused-ring (bicyclic) bond motifs is 1. The van der Waals surface area contributed by atoms with Gasteiger partial charge in [0.25, 0.3) is 0 Å². The van der Waals surface area contributed by atoms with Gasteiger partial charge in [-0.3, -0.25) is 14.9 Å². The number of hydrogen-bond donors (Lipinski definition) is 4. The Hall–Kier alpha value is -4.08. The number of nitrogens with one attached hydrogen (secondary N) is 3. The Labute approximate surface area is 229 Å². The lowest BCUT2D eigenvalue weighted by Crippen LogP contribution is -2.77. The predicted molar refractivity (Wildman–Crippen MR) is 152 cm³/mol. The Morgan fingerprint density at radius 1 is 1.00 bits per heavy atom. The molecule has 2 aliphatic heterocycles. The number of quaternary nitrogens is 1. The van der Waals surface area contributed by atoms with Crippen molar-refractivity contribution in [2.75, 3.05) is 31.5 Å². The summed E-state index contributed by atoms with van der Waals surface area (Å²) in [6, 6.07) is 20.9. The number of carbonyl (C=O) groups excluding carboxylic acids is 2. The number of nitrogens with zero attached hydrogens (tertiary/aromatic N) is 3. The first-order chi connectivity index (χ1) is 19.0. The summed E-state index contributed by atoms with van der Waals surface area (Å²) >= 11 is 0. The maximum Gasteiger partial charge on any atom is 0.308 e. The van der Waals surface area contributed by atoms with Gasteiger partial charge in [0.2, 0.25) is 17.4 Å². The predicted octanol–water partition coefficient (Wildman–Crippen LogP) is 2.58. The van der Waals surface area contributed by atoms with E-state index in [0.29, 0.717) is 49.6 Å². The van der Waals surface area contributed by atoms with Gasteiger partial charge in [-0.25, -0.2) is 4.98 Å². The smallest absolute Gasteiger partial charge is 0.308 e. The molecule has 1 fully saturated rings. The third kappa shape index (κ3) is 6.50.